The van der Waals surface area contributed by atoms with Gasteiger partial charge in [0.15, 0.2) is 0 Å². The van der Waals surface area contributed by atoms with Crippen LogP contribution in [0.5, 0.6) is 0 Å². The topological polar surface area (TPSA) is 78.8 Å². The molecule has 3 rings (SSSR count). The normalized spacial score (nSPS) is 11.5. The van der Waals surface area contributed by atoms with Gasteiger partial charge in [-0.25, -0.2) is 13.8 Å². The maximum absolute atomic E-state index is 13.3. The molecule has 160 valence electrons. The first-order valence-corrected chi connectivity index (χ1v) is 11.3. The summed E-state index contributed by atoms with van der Waals surface area (Å²) in [7, 11) is -4.04. The van der Waals surface area contributed by atoms with E-state index in [9.17, 15) is 13.2 Å². The number of nitrogens with zero attached hydrogens (tertiary/aromatic N) is 2. The fourth-order valence-electron chi connectivity index (χ4n) is 2.89. The minimum atomic E-state index is -4.04. The minimum absolute atomic E-state index is 0.0640. The Bertz CT molecular complexity index is 1210. The number of aryl methyl sites for hydroxylation is 2. The number of carbonyl (C=O) groups is 1. The molecule has 0 radical (unpaired) electrons. The molecule has 0 saturated heterocycles. The Hall–Kier alpha value is -3.16. The molecule has 3 aromatic rings. The van der Waals surface area contributed by atoms with E-state index in [-0.39, 0.29) is 15.6 Å². The quantitative estimate of drug-likeness (QED) is 0.426. The van der Waals surface area contributed by atoms with Gasteiger partial charge in [-0.1, -0.05) is 71.3 Å². The maximum atomic E-state index is 13.3. The highest BCUT2D eigenvalue weighted by atomic mass is 35.5. The third-order valence-electron chi connectivity index (χ3n) is 4.46. The Kier molecular flexibility index (Phi) is 7.09. The van der Waals surface area contributed by atoms with Crippen molar-refractivity contribution in [3.05, 3.63) is 94.5 Å². The monoisotopic (exact) mass is 455 g/mol. The second-order valence-electron chi connectivity index (χ2n) is 6.98. The first-order valence-electron chi connectivity index (χ1n) is 9.50. The van der Waals surface area contributed by atoms with E-state index in [1.54, 1.807) is 36.4 Å². The van der Waals surface area contributed by atoms with Crippen LogP contribution < -0.4 is 9.73 Å². The predicted molar refractivity (Wildman–Crippen MR) is 124 cm³/mol. The number of benzene rings is 3. The van der Waals surface area contributed by atoms with Crippen molar-refractivity contribution in [2.24, 2.45) is 5.10 Å². The SMILES string of the molecule is Cc1ccc(S(=O)(=O)N(CC(=O)N/N=C\c2cccc(C)c2)c2ccccc2Cl)cc1. The Labute approximate surface area is 187 Å². The Morgan fingerprint density at radius 3 is 2.39 bits per heavy atom. The number of hydrogen-bond acceptors (Lipinski definition) is 4. The van der Waals surface area contributed by atoms with Crippen molar-refractivity contribution in [1.29, 1.82) is 0 Å². The molecule has 6 nitrogen and oxygen atoms in total. The van der Waals surface area contributed by atoms with Gasteiger partial charge in [0.05, 0.1) is 21.8 Å². The second kappa shape index (κ2) is 9.76. The largest absolute Gasteiger partial charge is 0.271 e. The van der Waals surface area contributed by atoms with Crippen LogP contribution in [0.3, 0.4) is 0 Å². The highest BCUT2D eigenvalue weighted by Gasteiger charge is 2.28. The first kappa shape index (κ1) is 22.5. The molecule has 0 aromatic heterocycles. The second-order valence-corrected chi connectivity index (χ2v) is 9.25. The lowest BCUT2D eigenvalue weighted by atomic mass is 10.2. The molecule has 8 heteroatoms. The van der Waals surface area contributed by atoms with Crippen LogP contribution in [0.15, 0.2) is 82.8 Å². The highest BCUT2D eigenvalue weighted by molar-refractivity contribution is 7.92. The number of rotatable bonds is 7. The molecule has 0 fully saturated rings. The summed E-state index contributed by atoms with van der Waals surface area (Å²) in [6.45, 7) is 3.33. The summed E-state index contributed by atoms with van der Waals surface area (Å²) in [6.07, 6.45) is 1.50. The maximum Gasteiger partial charge on any atom is 0.264 e. The van der Waals surface area contributed by atoms with E-state index in [0.29, 0.717) is 0 Å². The zero-order chi connectivity index (χ0) is 22.4. The molecular formula is C23H22ClN3O3S. The molecular weight excluding hydrogens is 434 g/mol. The molecule has 0 aliphatic heterocycles. The van der Waals surface area contributed by atoms with Crippen molar-refractivity contribution in [1.82, 2.24) is 5.43 Å². The zero-order valence-corrected chi connectivity index (χ0v) is 18.7. The first-order chi connectivity index (χ1) is 14.8. The lowest BCUT2D eigenvalue weighted by Crippen LogP contribution is -2.39. The van der Waals surface area contributed by atoms with E-state index < -0.39 is 22.5 Å². The molecule has 0 bridgehead atoms. The smallest absolute Gasteiger partial charge is 0.264 e. The lowest BCUT2D eigenvalue weighted by molar-refractivity contribution is -0.119. The van der Waals surface area contributed by atoms with Crippen LogP contribution in [0.1, 0.15) is 16.7 Å². The van der Waals surface area contributed by atoms with Crippen LogP contribution in [-0.2, 0) is 14.8 Å². The molecule has 0 aliphatic carbocycles. The molecule has 0 heterocycles. The molecule has 0 aliphatic rings. The molecule has 3 aromatic carbocycles. The summed E-state index contributed by atoms with van der Waals surface area (Å²) in [5.41, 5.74) is 5.39. The van der Waals surface area contributed by atoms with Gasteiger partial charge in [0.25, 0.3) is 15.9 Å². The van der Waals surface area contributed by atoms with Crippen LogP contribution in [-0.4, -0.2) is 27.1 Å². The molecule has 31 heavy (non-hydrogen) atoms. The van der Waals surface area contributed by atoms with Gasteiger partial charge in [0, 0.05) is 0 Å². The van der Waals surface area contributed by atoms with Crippen LogP contribution in [0.4, 0.5) is 5.69 Å². The number of sulfonamides is 1. The standard InChI is InChI=1S/C23H22ClN3O3S/c1-17-10-12-20(13-11-17)31(29,30)27(22-9-4-3-8-21(22)24)16-23(28)26-25-15-19-7-5-6-18(2)14-19/h3-15H,16H2,1-2H3,(H,26,28)/b25-15-. The van der Waals surface area contributed by atoms with Gasteiger partial charge < -0.3 is 0 Å². The summed E-state index contributed by atoms with van der Waals surface area (Å²) >= 11 is 6.25. The average Bonchev–Trinajstić information content (AvgIpc) is 2.73. The predicted octanol–water partition coefficient (Wildman–Crippen LogP) is 4.30. The van der Waals surface area contributed by atoms with Crippen molar-refractivity contribution in [2.45, 2.75) is 18.7 Å². The van der Waals surface area contributed by atoms with Crippen molar-refractivity contribution in [3.8, 4) is 0 Å². The van der Waals surface area contributed by atoms with Gasteiger partial charge in [0.2, 0.25) is 0 Å². The molecule has 0 atom stereocenters. The molecule has 0 saturated carbocycles. The number of halogens is 1. The van der Waals surface area contributed by atoms with Gasteiger partial charge in [0.1, 0.15) is 6.54 Å². The fourth-order valence-corrected chi connectivity index (χ4v) is 4.61. The van der Waals surface area contributed by atoms with Crippen LogP contribution in [0.25, 0.3) is 0 Å². The minimum Gasteiger partial charge on any atom is -0.271 e. The van der Waals surface area contributed by atoms with E-state index >= 15 is 0 Å². The molecule has 1 N–H and O–H groups in total. The van der Waals surface area contributed by atoms with Gasteiger partial charge in [-0.3, -0.25) is 9.10 Å². The summed E-state index contributed by atoms with van der Waals surface area (Å²) in [6, 6.07) is 20.5. The number of para-hydroxylation sites is 1. The summed E-state index contributed by atoms with van der Waals surface area (Å²) in [5, 5.41) is 4.16. The molecule has 1 amide bonds. The Morgan fingerprint density at radius 1 is 1.00 bits per heavy atom. The van der Waals surface area contributed by atoms with E-state index in [4.69, 9.17) is 11.6 Å². The van der Waals surface area contributed by atoms with Crippen LogP contribution in [0, 0.1) is 13.8 Å². The van der Waals surface area contributed by atoms with Crippen LogP contribution in [0.2, 0.25) is 5.02 Å². The average molecular weight is 456 g/mol. The zero-order valence-electron chi connectivity index (χ0n) is 17.1. The Morgan fingerprint density at radius 2 is 1.71 bits per heavy atom. The summed E-state index contributed by atoms with van der Waals surface area (Å²) < 4.78 is 27.6. The third kappa shape index (κ3) is 5.71. The van der Waals surface area contributed by atoms with E-state index in [2.05, 4.69) is 10.5 Å². The van der Waals surface area contributed by atoms with Gasteiger partial charge in [-0.05, 0) is 43.7 Å². The lowest BCUT2D eigenvalue weighted by Gasteiger charge is -2.24. The fraction of sp³-hybridized carbons (Fsp3) is 0.130. The summed E-state index contributed by atoms with van der Waals surface area (Å²) in [4.78, 5) is 12.6. The number of hydrogen-bond donors (Lipinski definition) is 1. The number of carbonyl (C=O) groups excluding carboxylic acids is 1. The van der Waals surface area contributed by atoms with Gasteiger partial charge in [-0.15, -0.1) is 0 Å². The van der Waals surface area contributed by atoms with E-state index in [0.717, 1.165) is 21.0 Å². The van der Waals surface area contributed by atoms with E-state index in [1.165, 1.54) is 18.3 Å². The third-order valence-corrected chi connectivity index (χ3v) is 6.56. The van der Waals surface area contributed by atoms with Gasteiger partial charge >= 0.3 is 0 Å². The number of hydrazone groups is 1. The van der Waals surface area contributed by atoms with Gasteiger partial charge in [-0.2, -0.15) is 5.10 Å². The number of anilines is 1. The number of amides is 1. The van der Waals surface area contributed by atoms with Crippen LogP contribution >= 0.6 is 11.6 Å². The van der Waals surface area contributed by atoms with Crippen molar-refractivity contribution in [2.75, 3.05) is 10.8 Å². The highest BCUT2D eigenvalue weighted by Crippen LogP contribution is 2.30. The Balaban J connectivity index is 1.86. The van der Waals surface area contributed by atoms with E-state index in [1.807, 2.05) is 38.1 Å². The summed E-state index contributed by atoms with van der Waals surface area (Å²) in [5.74, 6) is -0.598. The molecule has 0 unspecified atom stereocenters. The van der Waals surface area contributed by atoms with Crippen molar-refractivity contribution < 1.29 is 13.2 Å². The van der Waals surface area contributed by atoms with Crippen molar-refractivity contribution in [3.63, 3.8) is 0 Å². The number of nitrogens with one attached hydrogen (secondary N) is 1. The molecule has 0 spiro atoms. The van der Waals surface area contributed by atoms with Crippen molar-refractivity contribution >= 4 is 39.4 Å².